The van der Waals surface area contributed by atoms with Crippen molar-refractivity contribution in [1.29, 1.82) is 0 Å². The average Bonchev–Trinajstić information content (AvgIpc) is 3.32. The van der Waals surface area contributed by atoms with Gasteiger partial charge in [-0.2, -0.15) is 9.29 Å². The summed E-state index contributed by atoms with van der Waals surface area (Å²) in [5.74, 6) is 0.414. The summed E-state index contributed by atoms with van der Waals surface area (Å²) < 4.78 is 32.0. The molecule has 1 amide bonds. The van der Waals surface area contributed by atoms with E-state index in [1.165, 1.54) is 10.4 Å². The second-order valence-corrected chi connectivity index (χ2v) is 9.85. The molecule has 0 saturated heterocycles. The van der Waals surface area contributed by atoms with Crippen LogP contribution in [0, 0.1) is 5.92 Å². The Balaban J connectivity index is 1.69. The van der Waals surface area contributed by atoms with E-state index in [0.717, 1.165) is 5.56 Å². The monoisotopic (exact) mass is 483 g/mol. The topological polar surface area (TPSA) is 118 Å². The third-order valence-corrected chi connectivity index (χ3v) is 7.33. The van der Waals surface area contributed by atoms with Crippen LogP contribution in [0.4, 0.5) is 0 Å². The van der Waals surface area contributed by atoms with Crippen LogP contribution in [0.15, 0.2) is 64.3 Å². The largest absolute Gasteiger partial charge is 0.340 e. The number of carbonyl (C=O) groups excluding carboxylic acids is 1. The van der Waals surface area contributed by atoms with Gasteiger partial charge in [0, 0.05) is 37.1 Å². The highest BCUT2D eigenvalue weighted by Crippen LogP contribution is 2.23. The van der Waals surface area contributed by atoms with Crippen LogP contribution in [-0.4, -0.2) is 46.8 Å². The Morgan fingerprint density at radius 1 is 1.09 bits per heavy atom. The third-order valence-electron chi connectivity index (χ3n) is 5.26. The Bertz CT molecular complexity index is 1220. The van der Waals surface area contributed by atoms with E-state index in [2.05, 4.69) is 20.4 Å². The van der Waals surface area contributed by atoms with E-state index in [-0.39, 0.29) is 16.7 Å². The number of nitrogens with zero attached hydrogens (tertiary/aromatic N) is 4. The lowest BCUT2D eigenvalue weighted by Gasteiger charge is -2.18. The lowest BCUT2D eigenvalue weighted by atomic mass is 10.0. The molecule has 0 aliphatic carbocycles. The molecule has 1 unspecified atom stereocenters. The molecule has 0 fully saturated rings. The smallest absolute Gasteiger partial charge is 0.249 e. The summed E-state index contributed by atoms with van der Waals surface area (Å²) in [5.41, 5.74) is 1.47. The Morgan fingerprint density at radius 3 is 2.32 bits per heavy atom. The molecule has 1 N–H and O–H groups in total. The second kappa shape index (κ2) is 11.2. The van der Waals surface area contributed by atoms with Crippen molar-refractivity contribution < 1.29 is 17.7 Å². The minimum absolute atomic E-state index is 0.00709. The van der Waals surface area contributed by atoms with Crippen molar-refractivity contribution in [2.75, 3.05) is 13.1 Å². The van der Waals surface area contributed by atoms with E-state index in [4.69, 9.17) is 4.52 Å². The molecular formula is C24H29N5O4S. The first kappa shape index (κ1) is 25.3. The van der Waals surface area contributed by atoms with E-state index in [9.17, 15) is 13.2 Å². The van der Waals surface area contributed by atoms with Crippen LogP contribution in [0.3, 0.4) is 0 Å². The summed E-state index contributed by atoms with van der Waals surface area (Å²) in [5, 5.41) is 6.90. The fourth-order valence-electron chi connectivity index (χ4n) is 3.33. The van der Waals surface area contributed by atoms with Gasteiger partial charge < -0.3 is 9.84 Å². The molecule has 3 rings (SSSR count). The standard InChI is InChI=1S/C24H29N5O4S/c1-5-29(6-2)34(31,32)20-10-7-18(8-11-20)9-12-21(30)26-22(17(3)4)24-27-23(28-33-24)19-13-15-25-16-14-19/h7-17,22H,5-6H2,1-4H3,(H,26,30)/b12-9+. The first-order chi connectivity index (χ1) is 16.3. The first-order valence-corrected chi connectivity index (χ1v) is 12.5. The second-order valence-electron chi connectivity index (χ2n) is 7.91. The normalized spacial score (nSPS) is 13.0. The van der Waals surface area contributed by atoms with Gasteiger partial charge in [0.2, 0.25) is 27.6 Å². The van der Waals surface area contributed by atoms with Gasteiger partial charge in [-0.3, -0.25) is 9.78 Å². The van der Waals surface area contributed by atoms with E-state index in [0.29, 0.717) is 30.4 Å². The van der Waals surface area contributed by atoms with Gasteiger partial charge in [0.1, 0.15) is 6.04 Å². The van der Waals surface area contributed by atoms with E-state index < -0.39 is 16.1 Å². The Morgan fingerprint density at radius 2 is 1.74 bits per heavy atom. The number of aromatic nitrogens is 3. The Hall–Kier alpha value is -3.37. The number of sulfonamides is 1. The fraction of sp³-hybridized carbons (Fsp3) is 0.333. The zero-order valence-corrected chi connectivity index (χ0v) is 20.5. The Labute approximate surface area is 200 Å². The van der Waals surface area contributed by atoms with Gasteiger partial charge in [-0.25, -0.2) is 8.42 Å². The van der Waals surface area contributed by atoms with E-state index >= 15 is 0 Å². The molecule has 10 heteroatoms. The van der Waals surface area contributed by atoms with Gasteiger partial charge in [0.25, 0.3) is 0 Å². The van der Waals surface area contributed by atoms with Gasteiger partial charge in [-0.05, 0) is 41.8 Å². The fourth-order valence-corrected chi connectivity index (χ4v) is 4.79. The van der Waals surface area contributed by atoms with Gasteiger partial charge in [-0.1, -0.05) is 45.0 Å². The van der Waals surface area contributed by atoms with Crippen molar-refractivity contribution in [3.8, 4) is 11.4 Å². The van der Waals surface area contributed by atoms with Gasteiger partial charge in [0.05, 0.1) is 4.90 Å². The van der Waals surface area contributed by atoms with Crippen LogP contribution >= 0.6 is 0 Å². The molecule has 2 heterocycles. The molecule has 3 aromatic rings. The van der Waals surface area contributed by atoms with Crippen molar-refractivity contribution in [1.82, 2.24) is 24.7 Å². The average molecular weight is 484 g/mol. The molecule has 1 aromatic carbocycles. The molecule has 0 aliphatic rings. The maximum absolute atomic E-state index is 12.6. The summed E-state index contributed by atoms with van der Waals surface area (Å²) in [6.45, 7) is 8.30. The first-order valence-electron chi connectivity index (χ1n) is 11.1. The summed E-state index contributed by atoms with van der Waals surface area (Å²) in [4.78, 5) is 21.2. The van der Waals surface area contributed by atoms with Crippen LogP contribution in [-0.2, 0) is 14.8 Å². The van der Waals surface area contributed by atoms with Crippen LogP contribution in [0.1, 0.15) is 45.2 Å². The third kappa shape index (κ3) is 5.95. The van der Waals surface area contributed by atoms with Crippen LogP contribution in [0.2, 0.25) is 0 Å². The highest BCUT2D eigenvalue weighted by atomic mass is 32.2. The zero-order chi connectivity index (χ0) is 24.7. The summed E-state index contributed by atoms with van der Waals surface area (Å²) >= 11 is 0. The number of rotatable bonds is 10. The molecule has 2 aromatic heterocycles. The van der Waals surface area contributed by atoms with Crippen LogP contribution in [0.5, 0.6) is 0 Å². The minimum atomic E-state index is -3.52. The number of carbonyl (C=O) groups is 1. The Kier molecular flexibility index (Phi) is 8.30. The molecule has 0 radical (unpaired) electrons. The molecule has 0 bridgehead atoms. The van der Waals surface area contributed by atoms with Crippen LogP contribution in [0.25, 0.3) is 17.5 Å². The molecule has 0 aliphatic heterocycles. The summed E-state index contributed by atoms with van der Waals surface area (Å²) in [6, 6.07) is 9.50. The lowest BCUT2D eigenvalue weighted by Crippen LogP contribution is -2.30. The summed E-state index contributed by atoms with van der Waals surface area (Å²) in [7, 11) is -3.52. The maximum atomic E-state index is 12.6. The van der Waals surface area contributed by atoms with Crippen molar-refractivity contribution in [2.45, 2.75) is 38.6 Å². The van der Waals surface area contributed by atoms with Gasteiger partial charge in [0.15, 0.2) is 0 Å². The SMILES string of the molecule is CCN(CC)S(=O)(=O)c1ccc(/C=C/C(=O)NC(c2nc(-c3ccncc3)no2)C(C)C)cc1. The summed E-state index contributed by atoms with van der Waals surface area (Å²) in [6.07, 6.45) is 6.30. The number of benzene rings is 1. The number of nitrogens with one attached hydrogen (secondary N) is 1. The number of hydrogen-bond donors (Lipinski definition) is 1. The van der Waals surface area contributed by atoms with Crippen molar-refractivity contribution in [3.05, 3.63) is 66.3 Å². The highest BCUT2D eigenvalue weighted by molar-refractivity contribution is 7.89. The molecule has 0 saturated carbocycles. The molecule has 34 heavy (non-hydrogen) atoms. The quantitative estimate of drug-likeness (QED) is 0.437. The predicted octanol–water partition coefficient (Wildman–Crippen LogP) is 3.69. The van der Waals surface area contributed by atoms with Crippen LogP contribution < -0.4 is 5.32 Å². The molecule has 180 valence electrons. The number of pyridine rings is 1. The van der Waals surface area contributed by atoms with E-state index in [1.54, 1.807) is 68.7 Å². The lowest BCUT2D eigenvalue weighted by molar-refractivity contribution is -0.117. The predicted molar refractivity (Wildman–Crippen MR) is 129 cm³/mol. The molecule has 0 spiro atoms. The molecular weight excluding hydrogens is 454 g/mol. The van der Waals surface area contributed by atoms with Crippen molar-refractivity contribution in [3.63, 3.8) is 0 Å². The minimum Gasteiger partial charge on any atom is -0.340 e. The zero-order valence-electron chi connectivity index (χ0n) is 19.7. The molecule has 9 nitrogen and oxygen atoms in total. The molecule has 1 atom stereocenters. The van der Waals surface area contributed by atoms with Crippen molar-refractivity contribution >= 4 is 22.0 Å². The number of amides is 1. The van der Waals surface area contributed by atoms with E-state index in [1.807, 2.05) is 13.8 Å². The van der Waals surface area contributed by atoms with Crippen molar-refractivity contribution in [2.24, 2.45) is 5.92 Å². The maximum Gasteiger partial charge on any atom is 0.249 e. The van der Waals surface area contributed by atoms with Gasteiger partial charge in [-0.15, -0.1) is 0 Å². The van der Waals surface area contributed by atoms with Gasteiger partial charge >= 0.3 is 0 Å². The highest BCUT2D eigenvalue weighted by Gasteiger charge is 2.24. The number of hydrogen-bond acceptors (Lipinski definition) is 7.